The van der Waals surface area contributed by atoms with Crippen molar-refractivity contribution in [2.75, 3.05) is 29.4 Å². The van der Waals surface area contributed by atoms with Gasteiger partial charge in [0.2, 0.25) is 20.0 Å². The van der Waals surface area contributed by atoms with Gasteiger partial charge in [-0.2, -0.15) is 5.26 Å². The lowest BCUT2D eigenvalue weighted by Crippen LogP contribution is -2.39. The molecule has 0 amide bonds. The van der Waals surface area contributed by atoms with Gasteiger partial charge in [0.25, 0.3) is 0 Å². The molecule has 128 valence electrons. The Morgan fingerprint density at radius 2 is 1.87 bits per heavy atom. The minimum absolute atomic E-state index is 0.0111. The summed E-state index contributed by atoms with van der Waals surface area (Å²) in [6, 6.07) is 8.23. The van der Waals surface area contributed by atoms with Gasteiger partial charge < -0.3 is 0 Å². The molecule has 0 aliphatic rings. The van der Waals surface area contributed by atoms with E-state index in [2.05, 4.69) is 4.72 Å². The third-order valence-electron chi connectivity index (χ3n) is 3.10. The van der Waals surface area contributed by atoms with Gasteiger partial charge in [0, 0.05) is 13.1 Å². The van der Waals surface area contributed by atoms with Gasteiger partial charge in [-0.05, 0) is 18.6 Å². The molecule has 9 heteroatoms. The maximum absolute atomic E-state index is 12.0. The lowest BCUT2D eigenvalue weighted by atomic mass is 10.2. The third kappa shape index (κ3) is 6.17. The summed E-state index contributed by atoms with van der Waals surface area (Å²) in [5.74, 6) is 0.0111. The van der Waals surface area contributed by atoms with E-state index in [0.717, 1.165) is 17.0 Å². The average molecular weight is 359 g/mol. The van der Waals surface area contributed by atoms with Crippen molar-refractivity contribution >= 4 is 25.7 Å². The zero-order valence-corrected chi connectivity index (χ0v) is 14.8. The van der Waals surface area contributed by atoms with Crippen LogP contribution >= 0.6 is 0 Å². The van der Waals surface area contributed by atoms with E-state index in [9.17, 15) is 16.8 Å². The Morgan fingerprint density at radius 3 is 2.43 bits per heavy atom. The van der Waals surface area contributed by atoms with Crippen LogP contribution in [0.5, 0.6) is 0 Å². The Morgan fingerprint density at radius 1 is 1.22 bits per heavy atom. The summed E-state index contributed by atoms with van der Waals surface area (Å²) in [7, 11) is -7.06. The largest absolute Gasteiger partial charge is 0.268 e. The number of nitrogens with zero attached hydrogens (tertiary/aromatic N) is 2. The van der Waals surface area contributed by atoms with Crippen LogP contribution in [0.1, 0.15) is 25.3 Å². The van der Waals surface area contributed by atoms with Gasteiger partial charge in [-0.15, -0.1) is 0 Å². The maximum Gasteiger partial charge on any atom is 0.232 e. The first-order chi connectivity index (χ1) is 10.7. The summed E-state index contributed by atoms with van der Waals surface area (Å²) in [6.45, 7) is 1.75. The first kappa shape index (κ1) is 19.4. The van der Waals surface area contributed by atoms with E-state index < -0.39 is 20.0 Å². The molecule has 0 unspecified atom stereocenters. The summed E-state index contributed by atoms with van der Waals surface area (Å²) >= 11 is 0. The number of nitriles is 1. The molecule has 1 aromatic carbocycles. The summed E-state index contributed by atoms with van der Waals surface area (Å²) in [4.78, 5) is 0. The number of unbranched alkanes of at least 4 members (excludes halogenated alkanes) is 1. The summed E-state index contributed by atoms with van der Waals surface area (Å²) in [5, 5.41) is 9.10. The first-order valence-corrected chi connectivity index (χ1v) is 10.7. The Bertz CT molecular complexity index is 767. The van der Waals surface area contributed by atoms with Crippen molar-refractivity contribution in [3.8, 4) is 6.07 Å². The van der Waals surface area contributed by atoms with E-state index in [1.165, 1.54) is 12.1 Å². The van der Waals surface area contributed by atoms with Gasteiger partial charge in [0.1, 0.15) is 6.07 Å². The van der Waals surface area contributed by atoms with E-state index in [1.54, 1.807) is 12.1 Å². The number of para-hydroxylation sites is 1. The van der Waals surface area contributed by atoms with E-state index in [4.69, 9.17) is 5.26 Å². The molecule has 0 atom stereocenters. The lowest BCUT2D eigenvalue weighted by Gasteiger charge is -2.23. The monoisotopic (exact) mass is 359 g/mol. The highest BCUT2D eigenvalue weighted by Gasteiger charge is 2.20. The number of benzene rings is 1. The molecule has 0 spiro atoms. The van der Waals surface area contributed by atoms with Crippen molar-refractivity contribution in [2.24, 2.45) is 0 Å². The molecule has 0 bridgehead atoms. The van der Waals surface area contributed by atoms with Gasteiger partial charge in [0.15, 0.2) is 0 Å². The second-order valence-corrected chi connectivity index (χ2v) is 8.86. The third-order valence-corrected chi connectivity index (χ3v) is 5.75. The average Bonchev–Trinajstić information content (AvgIpc) is 2.48. The number of rotatable bonds is 9. The van der Waals surface area contributed by atoms with E-state index in [-0.39, 0.29) is 30.1 Å². The minimum atomic E-state index is -3.64. The van der Waals surface area contributed by atoms with Gasteiger partial charge in [0.05, 0.1) is 23.3 Å². The Balaban J connectivity index is 2.89. The van der Waals surface area contributed by atoms with Crippen LogP contribution in [0.4, 0.5) is 5.69 Å². The predicted molar refractivity (Wildman–Crippen MR) is 90.0 cm³/mol. The number of sulfonamides is 2. The molecule has 0 saturated heterocycles. The summed E-state index contributed by atoms with van der Waals surface area (Å²) < 4.78 is 50.9. The zero-order chi connectivity index (χ0) is 17.5. The molecule has 0 aromatic heterocycles. The fourth-order valence-electron chi connectivity index (χ4n) is 1.96. The smallest absolute Gasteiger partial charge is 0.232 e. The quantitative estimate of drug-likeness (QED) is 0.709. The highest BCUT2D eigenvalue weighted by Crippen LogP contribution is 2.21. The van der Waals surface area contributed by atoms with Gasteiger partial charge in [-0.1, -0.05) is 25.5 Å². The normalized spacial score (nSPS) is 11.9. The van der Waals surface area contributed by atoms with Gasteiger partial charge in [-0.25, -0.2) is 21.6 Å². The second kappa shape index (κ2) is 8.29. The molecule has 0 fully saturated rings. The van der Waals surface area contributed by atoms with Crippen LogP contribution < -0.4 is 9.03 Å². The molecule has 23 heavy (non-hydrogen) atoms. The molecule has 1 N–H and O–H groups in total. The van der Waals surface area contributed by atoms with E-state index in [0.29, 0.717) is 6.42 Å². The Hall–Kier alpha value is -1.63. The lowest BCUT2D eigenvalue weighted by molar-refractivity contribution is 0.575. The van der Waals surface area contributed by atoms with Crippen LogP contribution in [0.3, 0.4) is 0 Å². The Labute approximate surface area is 138 Å². The molecule has 1 aromatic rings. The summed E-state index contributed by atoms with van der Waals surface area (Å²) in [6.07, 6.45) is 2.32. The highest BCUT2D eigenvalue weighted by atomic mass is 32.2. The van der Waals surface area contributed by atoms with Crippen LogP contribution in [-0.2, 0) is 20.0 Å². The molecular weight excluding hydrogens is 338 g/mol. The number of nitrogens with one attached hydrogen (secondary N) is 1. The molecule has 0 aliphatic carbocycles. The first-order valence-electron chi connectivity index (χ1n) is 7.15. The zero-order valence-electron chi connectivity index (χ0n) is 13.2. The topological polar surface area (TPSA) is 107 Å². The standard InChI is InChI=1S/C14H21N3O4S2/c1-3-4-11-23(20,21)16-9-10-17(22(2,18)19)14-8-6-5-7-13(14)12-15/h5-8,16H,3-4,9-11H2,1-2H3. The molecule has 0 saturated carbocycles. The van der Waals surface area contributed by atoms with Gasteiger partial charge >= 0.3 is 0 Å². The van der Waals surface area contributed by atoms with Gasteiger partial charge in [-0.3, -0.25) is 4.31 Å². The molecule has 0 aliphatic heterocycles. The molecular formula is C14H21N3O4S2. The van der Waals surface area contributed by atoms with E-state index >= 15 is 0 Å². The summed E-state index contributed by atoms with van der Waals surface area (Å²) in [5.41, 5.74) is 0.456. The SMILES string of the molecule is CCCCS(=O)(=O)NCCN(c1ccccc1C#N)S(C)(=O)=O. The van der Waals surface area contributed by atoms with Crippen LogP contribution in [0.25, 0.3) is 0 Å². The van der Waals surface area contributed by atoms with E-state index in [1.807, 2.05) is 13.0 Å². The molecule has 0 heterocycles. The maximum atomic E-state index is 12.0. The van der Waals surface area contributed by atoms with Crippen LogP contribution in [0, 0.1) is 11.3 Å². The Kier molecular flexibility index (Phi) is 7.00. The molecule has 7 nitrogen and oxygen atoms in total. The fourth-order valence-corrected chi connectivity index (χ4v) is 4.11. The number of hydrogen-bond donors (Lipinski definition) is 1. The minimum Gasteiger partial charge on any atom is -0.268 e. The predicted octanol–water partition coefficient (Wildman–Crippen LogP) is 1.04. The van der Waals surface area contributed by atoms with Crippen molar-refractivity contribution in [3.63, 3.8) is 0 Å². The molecule has 0 radical (unpaired) electrons. The van der Waals surface area contributed by atoms with Crippen LogP contribution in [-0.4, -0.2) is 41.9 Å². The molecule has 1 rings (SSSR count). The van der Waals surface area contributed by atoms with Crippen LogP contribution in [0.2, 0.25) is 0 Å². The van der Waals surface area contributed by atoms with Crippen molar-refractivity contribution in [1.82, 2.24) is 4.72 Å². The van der Waals surface area contributed by atoms with Crippen LogP contribution in [0.15, 0.2) is 24.3 Å². The fraction of sp³-hybridized carbons (Fsp3) is 0.500. The van der Waals surface area contributed by atoms with Crippen molar-refractivity contribution < 1.29 is 16.8 Å². The second-order valence-electron chi connectivity index (χ2n) is 5.03. The van der Waals surface area contributed by atoms with Crippen molar-refractivity contribution in [2.45, 2.75) is 19.8 Å². The number of anilines is 1. The van der Waals surface area contributed by atoms with Crippen molar-refractivity contribution in [3.05, 3.63) is 29.8 Å². The van der Waals surface area contributed by atoms with Crippen molar-refractivity contribution in [1.29, 1.82) is 5.26 Å². The number of hydrogen-bond acceptors (Lipinski definition) is 5. The highest BCUT2D eigenvalue weighted by molar-refractivity contribution is 7.92.